The lowest BCUT2D eigenvalue weighted by Gasteiger charge is -2.21. The number of primary amides is 1. The van der Waals surface area contributed by atoms with Gasteiger partial charge in [-0.15, -0.1) is 0 Å². The van der Waals surface area contributed by atoms with Crippen molar-refractivity contribution in [1.29, 1.82) is 0 Å². The summed E-state index contributed by atoms with van der Waals surface area (Å²) in [6.07, 6.45) is 2.72. The Morgan fingerprint density at radius 2 is 1.97 bits per heavy atom. The van der Waals surface area contributed by atoms with E-state index in [1.54, 1.807) is 7.05 Å². The number of nitrogens with two attached hydrogens (primary N) is 1. The normalized spacial score (nSPS) is 17.5. The first-order chi connectivity index (χ1) is 14.7. The number of carbonyl (C=O) groups is 1. The highest BCUT2D eigenvalue weighted by Gasteiger charge is 2.40. The van der Waals surface area contributed by atoms with Crippen LogP contribution in [0.2, 0.25) is 0 Å². The van der Waals surface area contributed by atoms with Crippen LogP contribution < -0.4 is 5.73 Å². The van der Waals surface area contributed by atoms with Crippen molar-refractivity contribution in [2.45, 2.75) is 43.5 Å². The summed E-state index contributed by atoms with van der Waals surface area (Å²) in [5.41, 5.74) is 7.17. The molecule has 1 aromatic carbocycles. The van der Waals surface area contributed by atoms with Crippen LogP contribution in [0.5, 0.6) is 0 Å². The topological polar surface area (TPSA) is 111 Å². The lowest BCUT2D eigenvalue weighted by atomic mass is 10.0. The Balaban J connectivity index is 1.74. The summed E-state index contributed by atoms with van der Waals surface area (Å²) in [6.45, 7) is 4.40. The van der Waals surface area contributed by atoms with Gasteiger partial charge in [-0.25, -0.2) is 13.4 Å². The molecule has 9 heteroatoms. The highest BCUT2D eigenvalue weighted by molar-refractivity contribution is 7.89. The maximum Gasteiger partial charge on any atom is 0.265 e. The number of rotatable bonds is 6. The summed E-state index contributed by atoms with van der Waals surface area (Å²) in [5.74, 6) is 0.551. The summed E-state index contributed by atoms with van der Waals surface area (Å²) in [4.78, 5) is 16.4. The third-order valence-corrected chi connectivity index (χ3v) is 7.44. The molecule has 4 rings (SSSR count). The van der Waals surface area contributed by atoms with Gasteiger partial charge in [0, 0.05) is 31.3 Å². The average Bonchev–Trinajstić information content (AvgIpc) is 3.46. The van der Waals surface area contributed by atoms with E-state index in [0.29, 0.717) is 25.3 Å². The second-order valence-electron chi connectivity index (χ2n) is 8.10. The van der Waals surface area contributed by atoms with Crippen molar-refractivity contribution in [3.63, 3.8) is 0 Å². The number of aryl methyl sites for hydroxylation is 1. The molecule has 1 aliphatic rings. The molecule has 1 aliphatic heterocycles. The van der Waals surface area contributed by atoms with E-state index in [9.17, 15) is 13.2 Å². The van der Waals surface area contributed by atoms with Crippen LogP contribution in [0.1, 0.15) is 60.8 Å². The van der Waals surface area contributed by atoms with Crippen LogP contribution in [-0.2, 0) is 17.1 Å². The van der Waals surface area contributed by atoms with Crippen LogP contribution in [0, 0.1) is 0 Å². The van der Waals surface area contributed by atoms with Gasteiger partial charge in [0.15, 0.2) is 0 Å². The molecule has 31 heavy (non-hydrogen) atoms. The first-order valence-corrected chi connectivity index (χ1v) is 11.7. The van der Waals surface area contributed by atoms with Crippen LogP contribution in [0.3, 0.4) is 0 Å². The zero-order valence-electron chi connectivity index (χ0n) is 17.8. The minimum absolute atomic E-state index is 0.0367. The van der Waals surface area contributed by atoms with Crippen LogP contribution in [0.15, 0.2) is 51.9 Å². The predicted octanol–water partition coefficient (Wildman–Crippen LogP) is 3.43. The Kier molecular flexibility index (Phi) is 5.49. The van der Waals surface area contributed by atoms with Gasteiger partial charge >= 0.3 is 0 Å². The molecule has 164 valence electrons. The quantitative estimate of drug-likeness (QED) is 0.629. The first kappa shape index (κ1) is 21.3. The summed E-state index contributed by atoms with van der Waals surface area (Å²) in [7, 11) is -2.26. The minimum Gasteiger partial charge on any atom is -0.443 e. The monoisotopic (exact) mass is 442 g/mol. The highest BCUT2D eigenvalue weighted by atomic mass is 32.2. The summed E-state index contributed by atoms with van der Waals surface area (Å²) >= 11 is 0. The Morgan fingerprint density at radius 3 is 2.58 bits per heavy atom. The van der Waals surface area contributed by atoms with Gasteiger partial charge in [0.25, 0.3) is 5.91 Å². The number of nitrogens with zero attached hydrogens (tertiary/aromatic N) is 3. The van der Waals surface area contributed by atoms with Crippen molar-refractivity contribution >= 4 is 15.9 Å². The molecule has 1 unspecified atom stereocenters. The third kappa shape index (κ3) is 3.79. The summed E-state index contributed by atoms with van der Waals surface area (Å²) < 4.78 is 35.8. The van der Waals surface area contributed by atoms with Crippen molar-refractivity contribution in [2.24, 2.45) is 12.8 Å². The van der Waals surface area contributed by atoms with Gasteiger partial charge < -0.3 is 14.7 Å². The Labute approximate surface area is 181 Å². The third-order valence-electron chi connectivity index (χ3n) is 5.57. The SMILES string of the molecule is CC(C)c1oc(C2CCCN2S(=O)(=O)c2cc(C(N)=O)n(C)c2)nc1-c1ccccc1. The standard InChI is InChI=1S/C22H26N4O4S/c1-14(2)20-19(15-8-5-4-6-9-15)24-22(30-20)17-10-7-11-26(17)31(28,29)16-12-18(21(23)27)25(3)13-16/h4-6,8-9,12-14,17H,7,10-11H2,1-3H3,(H2,23,27). The molecule has 0 radical (unpaired) electrons. The van der Waals surface area contributed by atoms with E-state index in [-0.39, 0.29) is 16.5 Å². The number of hydrogen-bond donors (Lipinski definition) is 1. The van der Waals surface area contributed by atoms with Gasteiger partial charge in [-0.1, -0.05) is 44.2 Å². The molecular formula is C22H26N4O4S. The second-order valence-corrected chi connectivity index (χ2v) is 9.99. The van der Waals surface area contributed by atoms with Crippen molar-refractivity contribution in [1.82, 2.24) is 13.9 Å². The fourth-order valence-corrected chi connectivity index (χ4v) is 5.74. The fourth-order valence-electron chi connectivity index (χ4n) is 4.02. The maximum absolute atomic E-state index is 13.4. The second kappa shape index (κ2) is 7.97. The molecule has 0 spiro atoms. The van der Waals surface area contributed by atoms with Crippen molar-refractivity contribution < 1.29 is 17.6 Å². The fraction of sp³-hybridized carbons (Fsp3) is 0.364. The summed E-state index contributed by atoms with van der Waals surface area (Å²) in [6, 6.07) is 10.6. The number of amides is 1. The van der Waals surface area contributed by atoms with Crippen molar-refractivity contribution in [3.05, 3.63) is 59.9 Å². The molecule has 0 bridgehead atoms. The van der Waals surface area contributed by atoms with E-state index in [1.807, 2.05) is 44.2 Å². The molecule has 2 N–H and O–H groups in total. The number of oxazole rings is 1. The Bertz CT molecular complexity index is 1210. The summed E-state index contributed by atoms with van der Waals surface area (Å²) in [5, 5.41) is 0. The van der Waals surface area contributed by atoms with Gasteiger partial charge in [0.05, 0.1) is 0 Å². The Morgan fingerprint density at radius 1 is 1.26 bits per heavy atom. The molecule has 1 fully saturated rings. The molecule has 0 saturated carbocycles. The van der Waals surface area contributed by atoms with Crippen LogP contribution >= 0.6 is 0 Å². The smallest absolute Gasteiger partial charge is 0.265 e. The number of carbonyl (C=O) groups excluding carboxylic acids is 1. The Hall–Kier alpha value is -2.91. The van der Waals surface area contributed by atoms with Crippen molar-refractivity contribution in [2.75, 3.05) is 6.54 Å². The zero-order chi connectivity index (χ0) is 22.3. The van der Waals surface area contributed by atoms with Gasteiger partial charge in [0.2, 0.25) is 15.9 Å². The minimum atomic E-state index is -3.85. The average molecular weight is 443 g/mol. The number of sulfonamides is 1. The molecule has 3 aromatic rings. The van der Waals surface area contributed by atoms with Gasteiger partial charge in [-0.05, 0) is 18.9 Å². The predicted molar refractivity (Wildman–Crippen MR) is 116 cm³/mol. The molecule has 1 saturated heterocycles. The van der Waals surface area contributed by atoms with Crippen LogP contribution in [0.25, 0.3) is 11.3 Å². The number of hydrogen-bond acceptors (Lipinski definition) is 5. The zero-order valence-corrected chi connectivity index (χ0v) is 18.6. The molecule has 8 nitrogen and oxygen atoms in total. The lowest BCUT2D eigenvalue weighted by molar-refractivity contribution is 0.0992. The van der Waals surface area contributed by atoms with E-state index in [1.165, 1.54) is 21.1 Å². The first-order valence-electron chi connectivity index (χ1n) is 10.2. The van der Waals surface area contributed by atoms with E-state index >= 15 is 0 Å². The molecule has 0 aliphatic carbocycles. The van der Waals surface area contributed by atoms with E-state index in [0.717, 1.165) is 17.0 Å². The largest absolute Gasteiger partial charge is 0.443 e. The molecule has 2 aromatic heterocycles. The molecule has 1 amide bonds. The van der Waals surface area contributed by atoms with Gasteiger partial charge in [0.1, 0.15) is 28.1 Å². The highest BCUT2D eigenvalue weighted by Crippen LogP contribution is 2.40. The molecular weight excluding hydrogens is 416 g/mol. The molecule has 3 heterocycles. The number of benzene rings is 1. The number of aromatic nitrogens is 2. The van der Waals surface area contributed by atoms with Gasteiger partial charge in [-0.3, -0.25) is 4.79 Å². The van der Waals surface area contributed by atoms with Crippen LogP contribution in [0.4, 0.5) is 0 Å². The van der Waals surface area contributed by atoms with E-state index in [4.69, 9.17) is 15.1 Å². The van der Waals surface area contributed by atoms with Gasteiger partial charge in [-0.2, -0.15) is 4.31 Å². The maximum atomic E-state index is 13.4. The van der Waals surface area contributed by atoms with Crippen molar-refractivity contribution in [3.8, 4) is 11.3 Å². The van der Waals surface area contributed by atoms with Crippen LogP contribution in [-0.4, -0.2) is 34.7 Å². The lowest BCUT2D eigenvalue weighted by Crippen LogP contribution is -2.30. The van der Waals surface area contributed by atoms with E-state index < -0.39 is 22.0 Å². The van der Waals surface area contributed by atoms with E-state index in [2.05, 4.69) is 0 Å². The molecule has 1 atom stereocenters.